The van der Waals surface area contributed by atoms with E-state index in [0.29, 0.717) is 0 Å². The molecule has 0 aliphatic carbocycles. The Morgan fingerprint density at radius 3 is 2.62 bits per heavy atom. The van der Waals surface area contributed by atoms with Crippen molar-refractivity contribution in [2.45, 2.75) is 6.92 Å². The molecule has 7 heteroatoms. The summed E-state index contributed by atoms with van der Waals surface area (Å²) in [6.07, 6.45) is 0. The van der Waals surface area contributed by atoms with E-state index >= 15 is 0 Å². The van der Waals surface area contributed by atoms with Crippen molar-refractivity contribution in [3.8, 4) is 11.3 Å². The maximum atomic E-state index is 14.0. The number of aromatic nitrogens is 1. The molecule has 0 amide bonds. The molecule has 2 N–H and O–H groups in total. The van der Waals surface area contributed by atoms with Gasteiger partial charge in [-0.1, -0.05) is 17.7 Å². The third kappa shape index (κ3) is 2.67. The van der Waals surface area contributed by atoms with Crippen LogP contribution in [0.1, 0.15) is 16.1 Å². The van der Waals surface area contributed by atoms with Crippen LogP contribution >= 0.6 is 11.6 Å². The number of carbonyl (C=O) groups excluding carboxylic acids is 1. The number of ether oxygens (including phenoxy) is 1. The van der Waals surface area contributed by atoms with Gasteiger partial charge in [-0.2, -0.15) is 0 Å². The highest BCUT2D eigenvalue weighted by Crippen LogP contribution is 2.31. The molecule has 1 aromatic carbocycles. The molecule has 4 nitrogen and oxygen atoms in total. The fourth-order valence-corrected chi connectivity index (χ4v) is 1.94. The largest absolute Gasteiger partial charge is 0.464 e. The third-order valence-corrected chi connectivity index (χ3v) is 3.31. The summed E-state index contributed by atoms with van der Waals surface area (Å²) >= 11 is 5.87. The number of hydrogen-bond donors (Lipinski definition) is 1. The van der Waals surface area contributed by atoms with Crippen molar-refractivity contribution < 1.29 is 18.3 Å². The lowest BCUT2D eigenvalue weighted by atomic mass is 10.1. The van der Waals surface area contributed by atoms with Crippen molar-refractivity contribution >= 4 is 23.3 Å². The van der Waals surface area contributed by atoms with E-state index in [4.69, 9.17) is 17.3 Å². The molecule has 2 aromatic rings. The van der Waals surface area contributed by atoms with E-state index in [1.807, 2.05) is 0 Å². The summed E-state index contributed by atoms with van der Waals surface area (Å²) in [5.41, 5.74) is 5.47. The number of aryl methyl sites for hydroxylation is 1. The van der Waals surface area contributed by atoms with Crippen LogP contribution in [0.4, 0.5) is 14.5 Å². The Kier molecular flexibility index (Phi) is 4.09. The number of benzene rings is 1. The van der Waals surface area contributed by atoms with Gasteiger partial charge in [0.2, 0.25) is 0 Å². The van der Waals surface area contributed by atoms with Crippen LogP contribution in [0, 0.1) is 18.6 Å². The number of methoxy groups -OCH3 is 1. The molecule has 1 aromatic heterocycles. The Hall–Kier alpha value is -2.21. The number of esters is 1. The molecule has 110 valence electrons. The van der Waals surface area contributed by atoms with Gasteiger partial charge in [-0.25, -0.2) is 18.6 Å². The molecule has 0 saturated heterocycles. The highest BCUT2D eigenvalue weighted by atomic mass is 35.5. The third-order valence-electron chi connectivity index (χ3n) is 2.92. The van der Waals surface area contributed by atoms with Crippen LogP contribution in [0.25, 0.3) is 11.3 Å². The van der Waals surface area contributed by atoms with E-state index in [-0.39, 0.29) is 33.2 Å². The number of nitrogens with two attached hydrogens (primary N) is 1. The fraction of sp³-hybridized carbons (Fsp3) is 0.143. The van der Waals surface area contributed by atoms with Crippen molar-refractivity contribution in [2.24, 2.45) is 0 Å². The van der Waals surface area contributed by atoms with Crippen molar-refractivity contribution in [3.63, 3.8) is 0 Å². The molecule has 1 heterocycles. The monoisotopic (exact) mass is 312 g/mol. The first-order valence-corrected chi connectivity index (χ1v) is 6.24. The molecule has 0 spiro atoms. The van der Waals surface area contributed by atoms with Crippen LogP contribution in [-0.2, 0) is 4.74 Å². The minimum Gasteiger partial charge on any atom is -0.464 e. The molecule has 0 saturated carbocycles. The number of carbonyl (C=O) groups is 1. The predicted molar refractivity (Wildman–Crippen MR) is 75.1 cm³/mol. The van der Waals surface area contributed by atoms with Crippen LogP contribution < -0.4 is 5.73 Å². The molecule has 0 radical (unpaired) electrons. The lowest BCUT2D eigenvalue weighted by Gasteiger charge is -2.10. The number of nitrogens with zero attached hydrogens (tertiary/aromatic N) is 1. The molecule has 0 fully saturated rings. The Bertz CT molecular complexity index is 735. The summed E-state index contributed by atoms with van der Waals surface area (Å²) in [6.45, 7) is 1.44. The molecular weight excluding hydrogens is 302 g/mol. The van der Waals surface area contributed by atoms with E-state index in [0.717, 1.165) is 7.11 Å². The molecule has 0 bridgehead atoms. The number of nitrogen functional groups attached to an aromatic ring is 1. The fourth-order valence-electron chi connectivity index (χ4n) is 1.76. The van der Waals surface area contributed by atoms with E-state index in [1.54, 1.807) is 0 Å². The summed E-state index contributed by atoms with van der Waals surface area (Å²) in [7, 11) is 1.15. The molecular formula is C14H11ClF2N2O2. The van der Waals surface area contributed by atoms with Crippen LogP contribution in [0.2, 0.25) is 5.02 Å². The lowest BCUT2D eigenvalue weighted by Crippen LogP contribution is -2.08. The van der Waals surface area contributed by atoms with Gasteiger partial charge in [-0.15, -0.1) is 0 Å². The maximum absolute atomic E-state index is 14.0. The summed E-state index contributed by atoms with van der Waals surface area (Å²) in [6, 6.07) is 4.02. The normalized spacial score (nSPS) is 10.5. The quantitative estimate of drug-likeness (QED) is 0.864. The Labute approximate surface area is 124 Å². The van der Waals surface area contributed by atoms with Gasteiger partial charge in [-0.05, 0) is 24.6 Å². The minimum absolute atomic E-state index is 0.00583. The first kappa shape index (κ1) is 15.2. The van der Waals surface area contributed by atoms with Crippen LogP contribution in [0.15, 0.2) is 18.2 Å². The smallest absolute Gasteiger partial charge is 0.358 e. The number of rotatable bonds is 2. The summed E-state index contributed by atoms with van der Waals surface area (Å²) in [5.74, 6) is -2.87. The van der Waals surface area contributed by atoms with Crippen molar-refractivity contribution in [2.75, 3.05) is 12.8 Å². The Balaban J connectivity index is 2.68. The number of hydrogen-bond acceptors (Lipinski definition) is 4. The van der Waals surface area contributed by atoms with Gasteiger partial charge in [0, 0.05) is 5.56 Å². The lowest BCUT2D eigenvalue weighted by molar-refractivity contribution is 0.0594. The van der Waals surface area contributed by atoms with Gasteiger partial charge in [0.25, 0.3) is 0 Å². The van der Waals surface area contributed by atoms with E-state index in [2.05, 4.69) is 9.72 Å². The number of pyridine rings is 1. The van der Waals surface area contributed by atoms with Gasteiger partial charge in [0.05, 0.1) is 23.5 Å². The first-order chi connectivity index (χ1) is 9.86. The van der Waals surface area contributed by atoms with Gasteiger partial charge in [0.15, 0.2) is 17.3 Å². The number of anilines is 1. The second-order valence-corrected chi connectivity index (χ2v) is 4.69. The predicted octanol–water partition coefficient (Wildman–Crippen LogP) is 3.36. The standard InChI is InChI=1S/C14H11ClF2N2O2/c1-6-3-4-7(12(17)11(6)16)9-5-8(18)10(15)13(19-9)14(20)21-2/h3-5H,1-2H3,(H2,18,19). The highest BCUT2D eigenvalue weighted by Gasteiger charge is 2.20. The van der Waals surface area contributed by atoms with Crippen LogP contribution in [-0.4, -0.2) is 18.1 Å². The molecule has 0 aliphatic heterocycles. The van der Waals surface area contributed by atoms with Crippen molar-refractivity contribution in [1.29, 1.82) is 0 Å². The van der Waals surface area contributed by atoms with Gasteiger partial charge < -0.3 is 10.5 Å². The van der Waals surface area contributed by atoms with Crippen molar-refractivity contribution in [3.05, 3.63) is 46.1 Å². The second kappa shape index (κ2) is 5.65. The first-order valence-electron chi connectivity index (χ1n) is 5.86. The van der Waals surface area contributed by atoms with E-state index < -0.39 is 17.6 Å². The maximum Gasteiger partial charge on any atom is 0.358 e. The van der Waals surface area contributed by atoms with E-state index in [9.17, 15) is 13.6 Å². The van der Waals surface area contributed by atoms with Crippen LogP contribution in [0.5, 0.6) is 0 Å². The minimum atomic E-state index is -1.07. The average Bonchev–Trinajstić information content (AvgIpc) is 2.47. The second-order valence-electron chi connectivity index (χ2n) is 4.31. The summed E-state index contributed by atoms with van der Waals surface area (Å²) < 4.78 is 32.1. The summed E-state index contributed by atoms with van der Waals surface area (Å²) in [4.78, 5) is 15.5. The molecule has 2 rings (SSSR count). The molecule has 0 aliphatic rings. The van der Waals surface area contributed by atoms with Crippen LogP contribution in [0.3, 0.4) is 0 Å². The summed E-state index contributed by atoms with van der Waals surface area (Å²) in [5, 5.41) is -0.0985. The SMILES string of the molecule is COC(=O)c1nc(-c2ccc(C)c(F)c2F)cc(N)c1Cl. The molecule has 0 atom stereocenters. The Morgan fingerprint density at radius 2 is 2.00 bits per heavy atom. The Morgan fingerprint density at radius 1 is 1.33 bits per heavy atom. The zero-order valence-corrected chi connectivity index (χ0v) is 12.0. The molecule has 21 heavy (non-hydrogen) atoms. The highest BCUT2D eigenvalue weighted by molar-refractivity contribution is 6.35. The van der Waals surface area contributed by atoms with Gasteiger partial charge >= 0.3 is 5.97 Å². The average molecular weight is 313 g/mol. The zero-order valence-electron chi connectivity index (χ0n) is 11.2. The van der Waals surface area contributed by atoms with Crippen molar-refractivity contribution in [1.82, 2.24) is 4.98 Å². The topological polar surface area (TPSA) is 65.2 Å². The van der Waals surface area contributed by atoms with Gasteiger partial charge in [0.1, 0.15) is 0 Å². The van der Waals surface area contributed by atoms with E-state index in [1.165, 1.54) is 25.1 Å². The number of halogens is 3. The zero-order chi connectivity index (χ0) is 15.7. The van der Waals surface area contributed by atoms with Gasteiger partial charge in [-0.3, -0.25) is 0 Å². The molecule has 0 unspecified atom stereocenters.